The summed E-state index contributed by atoms with van der Waals surface area (Å²) >= 11 is 0. The van der Waals surface area contributed by atoms with Crippen molar-refractivity contribution in [3.05, 3.63) is 0 Å². The number of amides is 2. The number of Topliss-reactive ketones (excluding diaryl/α,β-unsaturated/α-hetero) is 1. The molecule has 0 aliphatic heterocycles. The molecule has 0 aromatic heterocycles. The fraction of sp³-hybridized carbons (Fsp3) is 0.818. The molecule has 34 heavy (non-hydrogen) atoms. The number of nitrogens with zero attached hydrogens (tertiary/aromatic N) is 1. The lowest BCUT2D eigenvalue weighted by molar-refractivity contribution is -0.150. The maximum absolute atomic E-state index is 11.7. The fourth-order valence-corrected chi connectivity index (χ4v) is 2.57. The Hall–Kier alpha value is -2.28. The first-order valence-corrected chi connectivity index (χ1v) is 11.7. The van der Waals surface area contributed by atoms with Gasteiger partial charge < -0.3 is 34.3 Å². The van der Waals surface area contributed by atoms with E-state index in [-0.39, 0.29) is 31.5 Å². The highest BCUT2D eigenvalue weighted by Gasteiger charge is 2.10. The molecule has 12 nitrogen and oxygen atoms in total. The average molecular weight is 492 g/mol. The standard InChI is InChI=1S/C22H41N3O9/c1-4-8-25(16-19(3)26)9-13-33-21(28)18-32-17-20(27)23-6-11-30-14-15-31-12-7-24-22(29)34-10-5-2/h4-18H2,1-3H3,(H,23,27)(H,24,29). The maximum Gasteiger partial charge on any atom is 0.407 e. The molecule has 198 valence electrons. The number of carbonyl (C=O) groups excluding carboxylic acids is 4. The van der Waals surface area contributed by atoms with Gasteiger partial charge in [-0.2, -0.15) is 0 Å². The Morgan fingerprint density at radius 3 is 2.00 bits per heavy atom. The number of esters is 1. The molecule has 0 spiro atoms. The van der Waals surface area contributed by atoms with Gasteiger partial charge in [0.25, 0.3) is 0 Å². The summed E-state index contributed by atoms with van der Waals surface area (Å²) in [5.74, 6) is -0.878. The van der Waals surface area contributed by atoms with Crippen LogP contribution in [-0.4, -0.2) is 114 Å². The van der Waals surface area contributed by atoms with Gasteiger partial charge in [-0.25, -0.2) is 9.59 Å². The number of alkyl carbamates (subject to hydrolysis) is 1. The Balaban J connectivity index is 3.54. The van der Waals surface area contributed by atoms with Gasteiger partial charge in [0.05, 0.1) is 39.6 Å². The second kappa shape index (κ2) is 22.5. The molecule has 0 bridgehead atoms. The normalized spacial score (nSPS) is 10.7. The van der Waals surface area contributed by atoms with Gasteiger partial charge in [0.15, 0.2) is 0 Å². The number of nitrogens with one attached hydrogen (secondary N) is 2. The van der Waals surface area contributed by atoms with Crippen LogP contribution in [0, 0.1) is 0 Å². The molecular formula is C22H41N3O9. The molecule has 0 saturated carbocycles. The molecule has 2 N–H and O–H groups in total. The predicted octanol–water partition coefficient (Wildman–Crippen LogP) is 0.133. The Bertz CT molecular complexity index is 576. The predicted molar refractivity (Wildman–Crippen MR) is 123 cm³/mol. The first-order chi connectivity index (χ1) is 16.4. The van der Waals surface area contributed by atoms with Gasteiger partial charge in [-0.1, -0.05) is 13.8 Å². The van der Waals surface area contributed by atoms with Crippen molar-refractivity contribution in [2.75, 3.05) is 85.6 Å². The van der Waals surface area contributed by atoms with E-state index < -0.39 is 12.1 Å². The summed E-state index contributed by atoms with van der Waals surface area (Å²) in [4.78, 5) is 47.7. The second-order valence-corrected chi connectivity index (χ2v) is 7.33. The van der Waals surface area contributed by atoms with Crippen LogP contribution in [0.1, 0.15) is 33.6 Å². The van der Waals surface area contributed by atoms with E-state index in [1.807, 2.05) is 18.7 Å². The van der Waals surface area contributed by atoms with Crippen LogP contribution < -0.4 is 10.6 Å². The van der Waals surface area contributed by atoms with Gasteiger partial charge in [-0.05, 0) is 26.3 Å². The first-order valence-electron chi connectivity index (χ1n) is 11.7. The highest BCUT2D eigenvalue weighted by atomic mass is 16.6. The largest absolute Gasteiger partial charge is 0.463 e. The lowest BCUT2D eigenvalue weighted by Crippen LogP contribution is -2.34. The number of carbonyl (C=O) groups is 4. The lowest BCUT2D eigenvalue weighted by Gasteiger charge is -2.19. The molecule has 0 rings (SSSR count). The Kier molecular flexibility index (Phi) is 21.0. The van der Waals surface area contributed by atoms with Crippen molar-refractivity contribution in [1.29, 1.82) is 0 Å². The third-order valence-corrected chi connectivity index (χ3v) is 4.00. The van der Waals surface area contributed by atoms with E-state index in [1.165, 1.54) is 6.92 Å². The van der Waals surface area contributed by atoms with Crippen molar-refractivity contribution in [1.82, 2.24) is 15.5 Å². The van der Waals surface area contributed by atoms with Crippen molar-refractivity contribution < 1.29 is 42.9 Å². The molecule has 0 atom stereocenters. The smallest absolute Gasteiger partial charge is 0.407 e. The van der Waals surface area contributed by atoms with E-state index >= 15 is 0 Å². The van der Waals surface area contributed by atoms with Gasteiger partial charge in [0, 0.05) is 19.6 Å². The van der Waals surface area contributed by atoms with Crippen LogP contribution in [-0.2, 0) is 38.1 Å². The molecule has 0 unspecified atom stereocenters. The van der Waals surface area contributed by atoms with Gasteiger partial charge in [-0.3, -0.25) is 14.5 Å². The molecule has 0 radical (unpaired) electrons. The summed E-state index contributed by atoms with van der Waals surface area (Å²) in [6.07, 6.45) is 1.21. The number of ketones is 1. The van der Waals surface area contributed by atoms with E-state index in [0.717, 1.165) is 19.4 Å². The summed E-state index contributed by atoms with van der Waals surface area (Å²) in [6, 6.07) is 0. The zero-order valence-electron chi connectivity index (χ0n) is 20.7. The summed E-state index contributed by atoms with van der Waals surface area (Å²) < 4.78 is 25.6. The number of ether oxygens (including phenoxy) is 5. The van der Waals surface area contributed by atoms with Crippen LogP contribution in [0.3, 0.4) is 0 Å². The van der Waals surface area contributed by atoms with Crippen LogP contribution in [0.25, 0.3) is 0 Å². The minimum atomic E-state index is -0.566. The van der Waals surface area contributed by atoms with Crippen LogP contribution >= 0.6 is 0 Å². The molecule has 0 fully saturated rings. The van der Waals surface area contributed by atoms with E-state index in [0.29, 0.717) is 59.2 Å². The van der Waals surface area contributed by atoms with E-state index in [9.17, 15) is 19.2 Å². The van der Waals surface area contributed by atoms with E-state index in [2.05, 4.69) is 10.6 Å². The quantitative estimate of drug-likeness (QED) is 0.159. The Morgan fingerprint density at radius 2 is 1.38 bits per heavy atom. The van der Waals surface area contributed by atoms with Gasteiger partial charge in [-0.15, -0.1) is 0 Å². The van der Waals surface area contributed by atoms with E-state index in [4.69, 9.17) is 23.7 Å². The molecule has 0 aromatic carbocycles. The second-order valence-electron chi connectivity index (χ2n) is 7.33. The van der Waals surface area contributed by atoms with Gasteiger partial charge >= 0.3 is 12.1 Å². The summed E-state index contributed by atoms with van der Waals surface area (Å²) in [5.41, 5.74) is 0. The number of hydrogen-bond acceptors (Lipinski definition) is 10. The molecule has 0 saturated heterocycles. The minimum absolute atomic E-state index is 0.0589. The summed E-state index contributed by atoms with van der Waals surface area (Å²) in [6.45, 7) is 8.93. The third-order valence-electron chi connectivity index (χ3n) is 4.00. The lowest BCUT2D eigenvalue weighted by atomic mass is 10.3. The van der Waals surface area contributed by atoms with Crippen molar-refractivity contribution in [2.45, 2.75) is 33.6 Å². The zero-order chi connectivity index (χ0) is 25.4. The van der Waals surface area contributed by atoms with Gasteiger partial charge in [0.2, 0.25) is 5.91 Å². The summed E-state index contributed by atoms with van der Waals surface area (Å²) in [7, 11) is 0. The number of rotatable bonds is 22. The molecule has 0 heterocycles. The summed E-state index contributed by atoms with van der Waals surface area (Å²) in [5, 5.41) is 5.17. The van der Waals surface area contributed by atoms with Crippen LogP contribution in [0.5, 0.6) is 0 Å². The molecule has 0 aliphatic carbocycles. The minimum Gasteiger partial charge on any atom is -0.463 e. The van der Waals surface area contributed by atoms with Crippen molar-refractivity contribution in [2.24, 2.45) is 0 Å². The zero-order valence-corrected chi connectivity index (χ0v) is 20.7. The van der Waals surface area contributed by atoms with Crippen molar-refractivity contribution in [3.8, 4) is 0 Å². The molecule has 0 aromatic rings. The van der Waals surface area contributed by atoms with Crippen LogP contribution in [0.4, 0.5) is 4.79 Å². The maximum atomic E-state index is 11.7. The fourth-order valence-electron chi connectivity index (χ4n) is 2.57. The monoisotopic (exact) mass is 491 g/mol. The third kappa shape index (κ3) is 21.6. The van der Waals surface area contributed by atoms with E-state index in [1.54, 1.807) is 0 Å². The first kappa shape index (κ1) is 31.7. The van der Waals surface area contributed by atoms with Crippen LogP contribution in [0.15, 0.2) is 0 Å². The van der Waals surface area contributed by atoms with Gasteiger partial charge in [0.1, 0.15) is 25.6 Å². The Morgan fingerprint density at radius 1 is 0.706 bits per heavy atom. The SMILES string of the molecule is CCCOC(=O)NCCOCCOCCNC(=O)COCC(=O)OCCN(CCC)CC(C)=O. The van der Waals surface area contributed by atoms with Crippen molar-refractivity contribution >= 4 is 23.8 Å². The molecule has 2 amide bonds. The van der Waals surface area contributed by atoms with Crippen molar-refractivity contribution in [3.63, 3.8) is 0 Å². The Labute approximate surface area is 201 Å². The number of hydrogen-bond donors (Lipinski definition) is 2. The molecule has 12 heteroatoms. The average Bonchev–Trinajstić information content (AvgIpc) is 2.78. The highest BCUT2D eigenvalue weighted by Crippen LogP contribution is 1.93. The topological polar surface area (TPSA) is 142 Å². The molecule has 0 aliphatic rings. The van der Waals surface area contributed by atoms with Crippen LogP contribution in [0.2, 0.25) is 0 Å². The molecular weight excluding hydrogens is 450 g/mol. The highest BCUT2D eigenvalue weighted by molar-refractivity contribution is 5.78.